The highest BCUT2D eigenvalue weighted by Crippen LogP contribution is 2.30. The van der Waals surface area contributed by atoms with Gasteiger partial charge in [0.1, 0.15) is 5.82 Å². The molecule has 0 radical (unpaired) electrons. The Kier molecular flexibility index (Phi) is 4.29. The quantitative estimate of drug-likeness (QED) is 0.913. The molecule has 2 bridgehead atoms. The lowest BCUT2D eigenvalue weighted by Gasteiger charge is -2.37. The van der Waals surface area contributed by atoms with Crippen molar-refractivity contribution < 1.29 is 4.39 Å². The topological polar surface area (TPSA) is 15.3 Å². The molecule has 2 fully saturated rings. The van der Waals surface area contributed by atoms with E-state index in [4.69, 9.17) is 11.6 Å². The first kappa shape index (κ1) is 14.3. The fraction of sp³-hybridized carbons (Fsp3) is 0.625. The molecule has 2 nitrogen and oxygen atoms in total. The second-order valence-corrected chi connectivity index (χ2v) is 6.54. The summed E-state index contributed by atoms with van der Waals surface area (Å²) in [4.78, 5) is 2.47. The Labute approximate surface area is 125 Å². The zero-order valence-corrected chi connectivity index (χ0v) is 12.7. The number of hydrogen-bond donors (Lipinski definition) is 1. The van der Waals surface area contributed by atoms with Gasteiger partial charge in [-0.2, -0.15) is 0 Å². The Balaban J connectivity index is 1.70. The summed E-state index contributed by atoms with van der Waals surface area (Å²) in [6, 6.07) is 6.83. The van der Waals surface area contributed by atoms with Crippen molar-refractivity contribution in [1.82, 2.24) is 10.2 Å². The zero-order valence-electron chi connectivity index (χ0n) is 11.9. The highest BCUT2D eigenvalue weighted by atomic mass is 35.5. The van der Waals surface area contributed by atoms with Gasteiger partial charge in [0.05, 0.1) is 0 Å². The van der Waals surface area contributed by atoms with Crippen molar-refractivity contribution in [3.8, 4) is 0 Å². The fourth-order valence-corrected chi connectivity index (χ4v) is 4.01. The Morgan fingerprint density at radius 1 is 1.25 bits per heavy atom. The van der Waals surface area contributed by atoms with Crippen LogP contribution in [0.15, 0.2) is 18.2 Å². The minimum Gasteiger partial charge on any atom is -0.311 e. The molecule has 1 aromatic rings. The van der Waals surface area contributed by atoms with Crippen LogP contribution >= 0.6 is 11.6 Å². The smallest absolute Gasteiger partial charge is 0.125 e. The van der Waals surface area contributed by atoms with Gasteiger partial charge in [-0.3, -0.25) is 4.90 Å². The molecule has 4 heteroatoms. The molecule has 1 aromatic carbocycles. The predicted molar refractivity (Wildman–Crippen MR) is 80.5 cm³/mol. The van der Waals surface area contributed by atoms with E-state index in [1.165, 1.54) is 31.7 Å². The zero-order chi connectivity index (χ0) is 14.1. The molecule has 0 spiro atoms. The van der Waals surface area contributed by atoms with Gasteiger partial charge in [-0.15, -0.1) is 0 Å². The van der Waals surface area contributed by atoms with Gasteiger partial charge in [-0.25, -0.2) is 4.39 Å². The van der Waals surface area contributed by atoms with Crippen LogP contribution in [-0.2, 0) is 6.54 Å². The highest BCUT2D eigenvalue weighted by Gasteiger charge is 2.35. The molecule has 110 valence electrons. The standard InChI is InChI=1S/C16H22ClFN2/c1-2-20(10-11-5-12(17)7-13(18)6-11)16-8-14-3-4-15(9-16)19-14/h5-7,14-16,19H,2-4,8-10H2,1H3. The minimum atomic E-state index is -0.242. The van der Waals surface area contributed by atoms with E-state index in [9.17, 15) is 4.39 Å². The molecular weight excluding hydrogens is 275 g/mol. The van der Waals surface area contributed by atoms with Crippen molar-refractivity contribution in [3.05, 3.63) is 34.6 Å². The molecule has 2 atom stereocenters. The Morgan fingerprint density at radius 3 is 2.55 bits per heavy atom. The SMILES string of the molecule is CCN(Cc1cc(F)cc(Cl)c1)C1CC2CCC(C1)N2. The summed E-state index contributed by atoms with van der Waals surface area (Å²) in [6.07, 6.45) is 5.05. The number of fused-ring (bicyclic) bond motifs is 2. The summed E-state index contributed by atoms with van der Waals surface area (Å²) < 4.78 is 13.4. The van der Waals surface area contributed by atoms with Crippen LogP contribution in [0.5, 0.6) is 0 Å². The van der Waals surface area contributed by atoms with Crippen molar-refractivity contribution in [2.45, 2.75) is 57.3 Å². The lowest BCUT2D eigenvalue weighted by Crippen LogP contribution is -2.47. The Hall–Kier alpha value is -0.640. The first-order chi connectivity index (χ1) is 9.64. The molecule has 2 aliphatic heterocycles. The first-order valence-electron chi connectivity index (χ1n) is 7.59. The van der Waals surface area contributed by atoms with Crippen LogP contribution in [-0.4, -0.2) is 29.6 Å². The summed E-state index contributed by atoms with van der Waals surface area (Å²) in [6.45, 7) is 3.97. The second-order valence-electron chi connectivity index (χ2n) is 6.10. The number of hydrogen-bond acceptors (Lipinski definition) is 2. The maximum atomic E-state index is 13.4. The van der Waals surface area contributed by atoms with Gasteiger partial charge in [0.2, 0.25) is 0 Å². The molecule has 0 aliphatic carbocycles. The third-order valence-corrected chi connectivity index (χ3v) is 4.90. The fourth-order valence-electron chi connectivity index (χ4n) is 3.76. The molecule has 20 heavy (non-hydrogen) atoms. The van der Waals surface area contributed by atoms with Gasteiger partial charge in [0, 0.05) is 29.7 Å². The third-order valence-electron chi connectivity index (χ3n) is 4.68. The van der Waals surface area contributed by atoms with E-state index in [0.717, 1.165) is 18.7 Å². The number of halogens is 2. The van der Waals surface area contributed by atoms with E-state index in [1.807, 2.05) is 6.07 Å². The molecule has 0 aromatic heterocycles. The van der Waals surface area contributed by atoms with Gasteiger partial charge in [0.15, 0.2) is 0 Å². The molecule has 3 rings (SSSR count). The van der Waals surface area contributed by atoms with E-state index >= 15 is 0 Å². The molecule has 2 saturated heterocycles. The van der Waals surface area contributed by atoms with Gasteiger partial charge in [-0.05, 0) is 56.0 Å². The summed E-state index contributed by atoms with van der Waals surface area (Å²) >= 11 is 5.95. The van der Waals surface area contributed by atoms with Gasteiger partial charge in [-0.1, -0.05) is 18.5 Å². The second kappa shape index (κ2) is 6.00. The lowest BCUT2D eigenvalue weighted by atomic mass is 9.97. The summed E-state index contributed by atoms with van der Waals surface area (Å²) in [5, 5.41) is 4.16. The van der Waals surface area contributed by atoms with Crippen LogP contribution in [0.4, 0.5) is 4.39 Å². The molecule has 1 N–H and O–H groups in total. The largest absolute Gasteiger partial charge is 0.311 e. The van der Waals surface area contributed by atoms with Crippen LogP contribution < -0.4 is 5.32 Å². The third kappa shape index (κ3) is 3.16. The summed E-state index contributed by atoms with van der Waals surface area (Å²) in [5.41, 5.74) is 0.975. The molecule has 2 aliphatic rings. The van der Waals surface area contributed by atoms with Crippen LogP contribution in [0.1, 0.15) is 38.2 Å². The molecule has 0 saturated carbocycles. The molecule has 2 heterocycles. The average Bonchev–Trinajstić information content (AvgIpc) is 2.73. The normalized spacial score (nSPS) is 29.1. The maximum Gasteiger partial charge on any atom is 0.125 e. The maximum absolute atomic E-state index is 13.4. The Bertz CT molecular complexity index is 447. The number of piperidine rings is 1. The van der Waals surface area contributed by atoms with E-state index in [2.05, 4.69) is 17.1 Å². The first-order valence-corrected chi connectivity index (χ1v) is 7.97. The molecular formula is C16H22ClFN2. The van der Waals surface area contributed by atoms with Crippen molar-refractivity contribution in [2.75, 3.05) is 6.54 Å². The van der Waals surface area contributed by atoms with Crippen LogP contribution in [0.3, 0.4) is 0 Å². The van der Waals surface area contributed by atoms with E-state index < -0.39 is 0 Å². The van der Waals surface area contributed by atoms with Crippen molar-refractivity contribution in [3.63, 3.8) is 0 Å². The lowest BCUT2D eigenvalue weighted by molar-refractivity contribution is 0.140. The van der Waals surface area contributed by atoms with Crippen molar-refractivity contribution in [1.29, 1.82) is 0 Å². The minimum absolute atomic E-state index is 0.242. The monoisotopic (exact) mass is 296 g/mol. The number of nitrogens with zero attached hydrogens (tertiary/aromatic N) is 1. The average molecular weight is 297 g/mol. The van der Waals surface area contributed by atoms with Gasteiger partial charge in [0.25, 0.3) is 0 Å². The van der Waals surface area contributed by atoms with Crippen LogP contribution in [0, 0.1) is 5.82 Å². The van der Waals surface area contributed by atoms with Crippen molar-refractivity contribution in [2.24, 2.45) is 0 Å². The van der Waals surface area contributed by atoms with Gasteiger partial charge >= 0.3 is 0 Å². The van der Waals surface area contributed by atoms with Crippen LogP contribution in [0.25, 0.3) is 0 Å². The molecule has 2 unspecified atom stereocenters. The summed E-state index contributed by atoms with van der Waals surface area (Å²) in [5.74, 6) is -0.242. The van der Waals surface area contributed by atoms with Crippen molar-refractivity contribution >= 4 is 11.6 Å². The highest BCUT2D eigenvalue weighted by molar-refractivity contribution is 6.30. The number of rotatable bonds is 4. The summed E-state index contributed by atoms with van der Waals surface area (Å²) in [7, 11) is 0. The van der Waals surface area contributed by atoms with E-state index in [1.54, 1.807) is 6.07 Å². The van der Waals surface area contributed by atoms with E-state index in [0.29, 0.717) is 23.1 Å². The molecule has 0 amide bonds. The van der Waals surface area contributed by atoms with Crippen LogP contribution in [0.2, 0.25) is 5.02 Å². The van der Waals surface area contributed by atoms with Gasteiger partial charge < -0.3 is 5.32 Å². The predicted octanol–water partition coefficient (Wildman–Crippen LogP) is 3.58. The number of nitrogens with one attached hydrogen (secondary N) is 1. The van der Waals surface area contributed by atoms with E-state index in [-0.39, 0.29) is 5.82 Å². The Morgan fingerprint density at radius 2 is 1.95 bits per heavy atom. The number of benzene rings is 1.